The zero-order chi connectivity index (χ0) is 13.1. The predicted molar refractivity (Wildman–Crippen MR) is 71.0 cm³/mol. The van der Waals surface area contributed by atoms with Gasteiger partial charge in [0.25, 0.3) is 5.56 Å². The molecule has 0 saturated heterocycles. The molecule has 0 atom stereocenters. The first-order valence-corrected chi connectivity index (χ1v) is 5.91. The number of benzene rings is 1. The number of nitrogens with one attached hydrogen (secondary N) is 1. The molecule has 0 fully saturated rings. The fourth-order valence-electron chi connectivity index (χ4n) is 1.57. The number of halogens is 2. The average molecular weight is 285 g/mol. The Hall–Kier alpha value is -1.36. The normalized spacial score (nSPS) is 10.6. The first kappa shape index (κ1) is 13.1. The summed E-state index contributed by atoms with van der Waals surface area (Å²) in [5, 5.41) is 0.862. The van der Waals surface area contributed by atoms with Gasteiger partial charge in [0.15, 0.2) is 0 Å². The maximum Gasteiger partial charge on any atom is 0.251 e. The molecule has 0 aliphatic heterocycles. The number of ether oxygens (including phenoxy) is 1. The monoisotopic (exact) mass is 284 g/mol. The van der Waals surface area contributed by atoms with Gasteiger partial charge in [0, 0.05) is 13.2 Å². The molecule has 0 unspecified atom stereocenters. The Balaban J connectivity index is 2.60. The molecule has 0 aliphatic rings. The molecular weight excluding hydrogens is 275 g/mol. The van der Waals surface area contributed by atoms with Crippen LogP contribution in [0.25, 0.3) is 11.4 Å². The second-order valence-electron chi connectivity index (χ2n) is 3.62. The van der Waals surface area contributed by atoms with E-state index in [4.69, 9.17) is 27.9 Å². The van der Waals surface area contributed by atoms with E-state index in [1.165, 1.54) is 13.2 Å². The molecule has 0 bridgehead atoms. The lowest BCUT2D eigenvalue weighted by Crippen LogP contribution is -2.11. The quantitative estimate of drug-likeness (QED) is 0.943. The van der Waals surface area contributed by atoms with Crippen LogP contribution in [0.3, 0.4) is 0 Å². The Morgan fingerprint density at radius 3 is 2.61 bits per heavy atom. The van der Waals surface area contributed by atoms with Crippen molar-refractivity contribution in [2.24, 2.45) is 0 Å². The summed E-state index contributed by atoms with van der Waals surface area (Å²) >= 11 is 12.1. The highest BCUT2D eigenvalue weighted by Gasteiger charge is 2.11. The van der Waals surface area contributed by atoms with E-state index in [9.17, 15) is 4.79 Å². The van der Waals surface area contributed by atoms with Crippen molar-refractivity contribution in [1.82, 2.24) is 9.97 Å². The zero-order valence-electron chi connectivity index (χ0n) is 9.54. The fraction of sp³-hybridized carbons (Fsp3) is 0.167. The molecule has 4 nitrogen and oxygen atoms in total. The zero-order valence-corrected chi connectivity index (χ0v) is 11.0. The maximum absolute atomic E-state index is 11.5. The van der Waals surface area contributed by atoms with E-state index in [1.54, 1.807) is 18.2 Å². The number of aromatic nitrogens is 2. The summed E-state index contributed by atoms with van der Waals surface area (Å²) in [6, 6.07) is 6.47. The summed E-state index contributed by atoms with van der Waals surface area (Å²) in [7, 11) is 1.53. The summed E-state index contributed by atoms with van der Waals surface area (Å²) < 4.78 is 4.95. The van der Waals surface area contributed by atoms with Crippen LogP contribution in [-0.4, -0.2) is 17.1 Å². The minimum absolute atomic E-state index is 0.249. The minimum Gasteiger partial charge on any atom is -0.378 e. The molecule has 0 amide bonds. The van der Waals surface area contributed by atoms with E-state index in [1.807, 2.05) is 0 Å². The summed E-state index contributed by atoms with van der Waals surface area (Å²) in [6.07, 6.45) is 0. The van der Waals surface area contributed by atoms with Gasteiger partial charge in [0.1, 0.15) is 5.82 Å². The molecule has 0 aliphatic carbocycles. The van der Waals surface area contributed by atoms with Crippen LogP contribution in [0.2, 0.25) is 10.0 Å². The van der Waals surface area contributed by atoms with Crippen LogP contribution in [0.1, 0.15) is 5.69 Å². The van der Waals surface area contributed by atoms with Crippen molar-refractivity contribution in [1.29, 1.82) is 0 Å². The van der Waals surface area contributed by atoms with Crippen molar-refractivity contribution in [2.45, 2.75) is 6.61 Å². The standard InChI is InChI=1S/C12H10Cl2N2O2/c1-18-6-7-5-10(17)16-12(15-7)11-8(13)3-2-4-9(11)14/h2-5H,6H2,1H3,(H,15,16,17). The number of aromatic amines is 1. The topological polar surface area (TPSA) is 55.0 Å². The van der Waals surface area contributed by atoms with Crippen LogP contribution >= 0.6 is 23.2 Å². The lowest BCUT2D eigenvalue weighted by atomic mass is 10.2. The van der Waals surface area contributed by atoms with E-state index in [2.05, 4.69) is 9.97 Å². The Bertz CT molecular complexity index is 605. The Labute approximate surface area is 114 Å². The van der Waals surface area contributed by atoms with Crippen LogP contribution in [0.5, 0.6) is 0 Å². The van der Waals surface area contributed by atoms with Crippen molar-refractivity contribution < 1.29 is 4.74 Å². The van der Waals surface area contributed by atoms with Gasteiger partial charge in [-0.1, -0.05) is 29.3 Å². The summed E-state index contributed by atoms with van der Waals surface area (Å²) in [4.78, 5) is 18.4. The average Bonchev–Trinajstić information content (AvgIpc) is 2.28. The van der Waals surface area contributed by atoms with Crippen molar-refractivity contribution in [3.8, 4) is 11.4 Å². The van der Waals surface area contributed by atoms with Crippen LogP contribution in [0.15, 0.2) is 29.1 Å². The van der Waals surface area contributed by atoms with Gasteiger partial charge in [-0.05, 0) is 12.1 Å². The lowest BCUT2D eigenvalue weighted by molar-refractivity contribution is 0.181. The Kier molecular flexibility index (Phi) is 4.01. The number of nitrogens with zero attached hydrogens (tertiary/aromatic N) is 1. The SMILES string of the molecule is COCc1cc(=O)[nH]c(-c2c(Cl)cccc2Cl)n1. The second-order valence-corrected chi connectivity index (χ2v) is 4.43. The highest BCUT2D eigenvalue weighted by molar-refractivity contribution is 6.38. The van der Waals surface area contributed by atoms with Crippen LogP contribution < -0.4 is 5.56 Å². The molecule has 1 aromatic carbocycles. The van der Waals surface area contributed by atoms with Crippen molar-refractivity contribution >= 4 is 23.2 Å². The van der Waals surface area contributed by atoms with Gasteiger partial charge < -0.3 is 9.72 Å². The van der Waals surface area contributed by atoms with E-state index in [0.717, 1.165) is 0 Å². The number of methoxy groups -OCH3 is 1. The number of hydrogen-bond acceptors (Lipinski definition) is 3. The van der Waals surface area contributed by atoms with Crippen molar-refractivity contribution in [3.05, 3.63) is 50.4 Å². The van der Waals surface area contributed by atoms with E-state index < -0.39 is 0 Å². The number of rotatable bonds is 3. The van der Waals surface area contributed by atoms with Gasteiger partial charge >= 0.3 is 0 Å². The van der Waals surface area contributed by atoms with Crippen molar-refractivity contribution in [2.75, 3.05) is 7.11 Å². The van der Waals surface area contributed by atoms with Gasteiger partial charge in [-0.2, -0.15) is 0 Å². The molecule has 2 aromatic rings. The molecule has 2 rings (SSSR count). The minimum atomic E-state index is -0.275. The third-order valence-electron chi connectivity index (χ3n) is 2.29. The molecule has 6 heteroatoms. The number of hydrogen-bond donors (Lipinski definition) is 1. The molecule has 94 valence electrons. The first-order valence-electron chi connectivity index (χ1n) is 5.15. The predicted octanol–water partition coefficient (Wildman–Crippen LogP) is 2.89. The molecule has 1 N–H and O–H groups in total. The van der Waals surface area contributed by atoms with E-state index >= 15 is 0 Å². The summed E-state index contributed by atoms with van der Waals surface area (Å²) in [6.45, 7) is 0.249. The van der Waals surface area contributed by atoms with Crippen LogP contribution in [-0.2, 0) is 11.3 Å². The lowest BCUT2D eigenvalue weighted by Gasteiger charge is -2.07. The van der Waals surface area contributed by atoms with Crippen LogP contribution in [0.4, 0.5) is 0 Å². The van der Waals surface area contributed by atoms with Gasteiger partial charge in [-0.15, -0.1) is 0 Å². The second kappa shape index (κ2) is 5.52. The molecule has 0 saturated carbocycles. The molecule has 18 heavy (non-hydrogen) atoms. The van der Waals surface area contributed by atoms with Crippen LogP contribution in [0, 0.1) is 0 Å². The fourth-order valence-corrected chi connectivity index (χ4v) is 2.15. The van der Waals surface area contributed by atoms with Gasteiger partial charge in [-0.3, -0.25) is 4.79 Å². The highest BCUT2D eigenvalue weighted by Crippen LogP contribution is 2.31. The third-order valence-corrected chi connectivity index (χ3v) is 2.92. The number of H-pyrrole nitrogens is 1. The first-order chi connectivity index (χ1) is 8.61. The van der Waals surface area contributed by atoms with Crippen molar-refractivity contribution in [3.63, 3.8) is 0 Å². The molecule has 0 spiro atoms. The summed E-state index contributed by atoms with van der Waals surface area (Å²) in [5.74, 6) is 0.338. The van der Waals surface area contributed by atoms with Gasteiger partial charge in [0.2, 0.25) is 0 Å². The third kappa shape index (κ3) is 2.72. The molecular formula is C12H10Cl2N2O2. The Morgan fingerprint density at radius 2 is 2.00 bits per heavy atom. The maximum atomic E-state index is 11.5. The van der Waals surface area contributed by atoms with E-state index in [-0.39, 0.29) is 12.2 Å². The van der Waals surface area contributed by atoms with Gasteiger partial charge in [0.05, 0.1) is 27.9 Å². The molecule has 0 radical (unpaired) electrons. The van der Waals surface area contributed by atoms with Gasteiger partial charge in [-0.25, -0.2) is 4.98 Å². The summed E-state index contributed by atoms with van der Waals surface area (Å²) in [5.41, 5.74) is 0.756. The molecule has 1 aromatic heterocycles. The smallest absolute Gasteiger partial charge is 0.251 e. The van der Waals surface area contributed by atoms with E-state index in [0.29, 0.717) is 27.1 Å². The largest absolute Gasteiger partial charge is 0.378 e. The highest BCUT2D eigenvalue weighted by atomic mass is 35.5. The molecule has 1 heterocycles. The Morgan fingerprint density at radius 1 is 1.33 bits per heavy atom.